The molecule has 88 valence electrons. The zero-order chi connectivity index (χ0) is 12.1. The van der Waals surface area contributed by atoms with Gasteiger partial charge in [-0.3, -0.25) is 0 Å². The lowest BCUT2D eigenvalue weighted by molar-refractivity contribution is 0.445. The Hall–Kier alpha value is -1.28. The molecule has 0 saturated carbocycles. The fourth-order valence-electron chi connectivity index (χ4n) is 2.02. The lowest BCUT2D eigenvalue weighted by atomic mass is 9.98. The molecule has 0 bridgehead atoms. The summed E-state index contributed by atoms with van der Waals surface area (Å²) in [4.78, 5) is 2.16. The third-order valence-corrected chi connectivity index (χ3v) is 2.62. The molecule has 0 fully saturated rings. The van der Waals surface area contributed by atoms with Crippen LogP contribution >= 0.6 is 0 Å². The Morgan fingerprint density at radius 3 is 2.50 bits per heavy atom. The first-order chi connectivity index (χ1) is 7.54. The second-order valence-corrected chi connectivity index (χ2v) is 4.40. The topological polar surface area (TPSA) is 23.5 Å². The van der Waals surface area contributed by atoms with Gasteiger partial charge in [0.2, 0.25) is 0 Å². The van der Waals surface area contributed by atoms with E-state index in [1.807, 2.05) is 12.1 Å². The minimum absolute atomic E-state index is 0.334. The van der Waals surface area contributed by atoms with Crippen LogP contribution in [0.2, 0.25) is 0 Å². The van der Waals surface area contributed by atoms with Crippen LogP contribution in [-0.4, -0.2) is 30.6 Å². The number of hydrogen-bond acceptors (Lipinski definition) is 2. The van der Waals surface area contributed by atoms with Crippen molar-refractivity contribution in [2.75, 3.05) is 20.6 Å². The maximum atomic E-state index is 9.49. The summed E-state index contributed by atoms with van der Waals surface area (Å²) in [5.74, 6) is 0.334. The highest BCUT2D eigenvalue weighted by Gasteiger charge is 2.05. The number of allylic oxidation sites excluding steroid dienone is 1. The van der Waals surface area contributed by atoms with E-state index in [1.165, 1.54) is 11.1 Å². The van der Waals surface area contributed by atoms with Gasteiger partial charge >= 0.3 is 0 Å². The Bertz CT molecular complexity index is 380. The summed E-state index contributed by atoms with van der Waals surface area (Å²) in [6.07, 6.45) is 0.989. The second kappa shape index (κ2) is 5.71. The molecule has 0 atom stereocenters. The van der Waals surface area contributed by atoms with Gasteiger partial charge in [-0.1, -0.05) is 24.6 Å². The Labute approximate surface area is 98.2 Å². The summed E-state index contributed by atoms with van der Waals surface area (Å²) in [5, 5.41) is 9.49. The third kappa shape index (κ3) is 3.38. The van der Waals surface area contributed by atoms with Gasteiger partial charge < -0.3 is 10.0 Å². The number of rotatable bonds is 4. The van der Waals surface area contributed by atoms with Crippen LogP contribution in [0, 0.1) is 0 Å². The fraction of sp³-hybridized carbons (Fsp3) is 0.429. The summed E-state index contributed by atoms with van der Waals surface area (Å²) in [5.41, 5.74) is 3.81. The quantitative estimate of drug-likeness (QED) is 0.841. The second-order valence-electron chi connectivity index (χ2n) is 4.40. The predicted molar refractivity (Wildman–Crippen MR) is 69.5 cm³/mol. The van der Waals surface area contributed by atoms with Gasteiger partial charge in [0.15, 0.2) is 0 Å². The first-order valence-corrected chi connectivity index (χ1v) is 5.67. The van der Waals surface area contributed by atoms with Crippen LogP contribution in [0.5, 0.6) is 5.75 Å². The first kappa shape index (κ1) is 12.8. The van der Waals surface area contributed by atoms with Crippen LogP contribution in [0.25, 0.3) is 5.57 Å². The van der Waals surface area contributed by atoms with Gasteiger partial charge in [-0.25, -0.2) is 0 Å². The van der Waals surface area contributed by atoms with Crippen molar-refractivity contribution in [3.63, 3.8) is 0 Å². The number of nitrogens with zero attached hydrogens (tertiary/aromatic N) is 1. The maximum absolute atomic E-state index is 9.49. The molecular formula is C14H21NO. The molecule has 0 aliphatic heterocycles. The van der Waals surface area contributed by atoms with Crippen LogP contribution in [0.4, 0.5) is 0 Å². The summed E-state index contributed by atoms with van der Waals surface area (Å²) in [6.45, 7) is 5.26. The van der Waals surface area contributed by atoms with E-state index in [1.54, 1.807) is 6.07 Å². The molecule has 0 radical (unpaired) electrons. The normalized spacial score (nSPS) is 12.8. The smallest absolute Gasteiger partial charge is 0.116 e. The molecule has 0 aromatic heterocycles. The van der Waals surface area contributed by atoms with Crippen molar-refractivity contribution in [2.45, 2.75) is 20.3 Å². The van der Waals surface area contributed by atoms with Crippen molar-refractivity contribution in [2.24, 2.45) is 0 Å². The van der Waals surface area contributed by atoms with Gasteiger partial charge in [0.1, 0.15) is 5.75 Å². The van der Waals surface area contributed by atoms with Gasteiger partial charge in [0.25, 0.3) is 0 Å². The van der Waals surface area contributed by atoms with Gasteiger partial charge in [0, 0.05) is 6.54 Å². The van der Waals surface area contributed by atoms with Gasteiger partial charge in [-0.2, -0.15) is 0 Å². The molecule has 1 N–H and O–H groups in total. The largest absolute Gasteiger partial charge is 0.508 e. The molecule has 2 heteroatoms. The SMILES string of the molecule is CC/C(=C(\C)CN(C)C)c1cccc(O)c1. The molecule has 1 rings (SSSR count). The highest BCUT2D eigenvalue weighted by atomic mass is 16.3. The lowest BCUT2D eigenvalue weighted by Gasteiger charge is -2.15. The van der Waals surface area contributed by atoms with Crippen LogP contribution < -0.4 is 0 Å². The van der Waals surface area contributed by atoms with Crippen LogP contribution in [0.3, 0.4) is 0 Å². The van der Waals surface area contributed by atoms with E-state index in [2.05, 4.69) is 38.9 Å². The number of hydrogen-bond donors (Lipinski definition) is 1. The zero-order valence-electron chi connectivity index (χ0n) is 10.6. The molecule has 2 nitrogen and oxygen atoms in total. The van der Waals surface area contributed by atoms with Crippen molar-refractivity contribution in [3.8, 4) is 5.75 Å². The van der Waals surface area contributed by atoms with Crippen molar-refractivity contribution in [3.05, 3.63) is 35.4 Å². The molecule has 0 unspecified atom stereocenters. The predicted octanol–water partition coefficient (Wildman–Crippen LogP) is 3.14. The molecule has 0 saturated heterocycles. The molecule has 16 heavy (non-hydrogen) atoms. The lowest BCUT2D eigenvalue weighted by Crippen LogP contribution is -2.14. The fourth-order valence-corrected chi connectivity index (χ4v) is 2.02. The Morgan fingerprint density at radius 2 is 2.00 bits per heavy atom. The minimum atomic E-state index is 0.334. The minimum Gasteiger partial charge on any atom is -0.508 e. The molecule has 0 aliphatic rings. The van der Waals surface area contributed by atoms with E-state index in [0.717, 1.165) is 18.5 Å². The maximum Gasteiger partial charge on any atom is 0.116 e. The highest BCUT2D eigenvalue weighted by molar-refractivity contribution is 5.69. The van der Waals surface area contributed by atoms with Crippen molar-refractivity contribution >= 4 is 5.57 Å². The number of aromatic hydroxyl groups is 1. The van der Waals surface area contributed by atoms with E-state index in [9.17, 15) is 5.11 Å². The summed E-state index contributed by atoms with van der Waals surface area (Å²) in [7, 11) is 4.14. The molecule has 0 spiro atoms. The number of phenolic OH excluding ortho intramolecular Hbond substituents is 1. The first-order valence-electron chi connectivity index (χ1n) is 5.67. The van der Waals surface area contributed by atoms with Crippen molar-refractivity contribution in [1.29, 1.82) is 0 Å². The van der Waals surface area contributed by atoms with Crippen LogP contribution in [0.1, 0.15) is 25.8 Å². The van der Waals surface area contributed by atoms with E-state index >= 15 is 0 Å². The average molecular weight is 219 g/mol. The van der Waals surface area contributed by atoms with Crippen molar-refractivity contribution in [1.82, 2.24) is 4.90 Å². The van der Waals surface area contributed by atoms with Crippen molar-refractivity contribution < 1.29 is 5.11 Å². The Kier molecular flexibility index (Phi) is 4.56. The average Bonchev–Trinajstić information content (AvgIpc) is 2.17. The van der Waals surface area contributed by atoms with E-state index in [4.69, 9.17) is 0 Å². The number of benzene rings is 1. The molecule has 1 aromatic carbocycles. The highest BCUT2D eigenvalue weighted by Crippen LogP contribution is 2.25. The molecule has 0 heterocycles. The summed E-state index contributed by atoms with van der Waals surface area (Å²) >= 11 is 0. The van der Waals surface area contributed by atoms with Crippen LogP contribution in [0.15, 0.2) is 29.8 Å². The Morgan fingerprint density at radius 1 is 1.31 bits per heavy atom. The van der Waals surface area contributed by atoms with Gasteiger partial charge in [-0.15, -0.1) is 0 Å². The molecule has 0 aliphatic carbocycles. The summed E-state index contributed by atoms with van der Waals surface area (Å²) < 4.78 is 0. The third-order valence-electron chi connectivity index (χ3n) is 2.62. The van der Waals surface area contributed by atoms with Gasteiger partial charge in [-0.05, 0) is 50.7 Å². The van der Waals surface area contributed by atoms with Crippen LogP contribution in [-0.2, 0) is 0 Å². The van der Waals surface area contributed by atoms with E-state index < -0.39 is 0 Å². The number of likely N-dealkylation sites (N-methyl/N-ethyl adjacent to an activating group) is 1. The zero-order valence-corrected chi connectivity index (χ0v) is 10.6. The summed E-state index contributed by atoms with van der Waals surface area (Å²) in [6, 6.07) is 7.48. The molecule has 1 aromatic rings. The molecule has 0 amide bonds. The van der Waals surface area contributed by atoms with Gasteiger partial charge in [0.05, 0.1) is 0 Å². The number of phenols is 1. The molecular weight excluding hydrogens is 198 g/mol. The van der Waals surface area contributed by atoms with E-state index in [0.29, 0.717) is 5.75 Å². The standard InChI is InChI=1S/C14H21NO/c1-5-14(11(2)10-15(3)4)12-7-6-8-13(16)9-12/h6-9,16H,5,10H2,1-4H3/b14-11-. The van der Waals surface area contributed by atoms with E-state index in [-0.39, 0.29) is 0 Å². The monoisotopic (exact) mass is 219 g/mol. The Balaban J connectivity index is 3.06.